The molecule has 1 aromatic carbocycles. The van der Waals surface area contributed by atoms with Crippen molar-refractivity contribution in [2.24, 2.45) is 0 Å². The van der Waals surface area contributed by atoms with E-state index in [2.05, 4.69) is 59.4 Å². The van der Waals surface area contributed by atoms with E-state index >= 15 is 0 Å². The van der Waals surface area contributed by atoms with Crippen LogP contribution in [0.4, 0.5) is 0 Å². The Hall–Kier alpha value is -1.61. The molecule has 3 heteroatoms. The molecule has 0 fully saturated rings. The smallest absolute Gasteiger partial charge is 0.0810 e. The molecule has 2 unspecified atom stereocenters. The molecule has 2 aromatic rings. The van der Waals surface area contributed by atoms with Crippen LogP contribution in [0.1, 0.15) is 42.8 Å². The Morgan fingerprint density at radius 2 is 2.12 bits per heavy atom. The third-order valence-electron chi connectivity index (χ3n) is 3.56. The van der Waals surface area contributed by atoms with Gasteiger partial charge in [-0.25, -0.2) is 0 Å². The van der Waals surface area contributed by atoms with Gasteiger partial charge in [0.05, 0.1) is 11.7 Å². The van der Waals surface area contributed by atoms with Crippen LogP contribution in [-0.4, -0.2) is 9.78 Å². The van der Waals surface area contributed by atoms with Crippen molar-refractivity contribution in [3.63, 3.8) is 0 Å². The lowest BCUT2D eigenvalue weighted by molar-refractivity contribution is 0.537. The molecule has 1 aromatic heterocycles. The van der Waals surface area contributed by atoms with Gasteiger partial charge in [0.1, 0.15) is 0 Å². The van der Waals surface area contributed by atoms with E-state index in [4.69, 9.17) is 0 Å². The van der Waals surface area contributed by atoms with E-state index in [1.54, 1.807) is 0 Å². The molecule has 0 aliphatic carbocycles. The summed E-state index contributed by atoms with van der Waals surface area (Å²) in [5, 5.41) is 8.07. The number of fused-ring (bicyclic) bond motifs is 1. The molecule has 3 nitrogen and oxygen atoms in total. The third-order valence-corrected chi connectivity index (χ3v) is 3.56. The van der Waals surface area contributed by atoms with E-state index in [9.17, 15) is 0 Å². The average molecular weight is 227 g/mol. The highest BCUT2D eigenvalue weighted by Gasteiger charge is 2.22. The van der Waals surface area contributed by atoms with Crippen molar-refractivity contribution >= 4 is 0 Å². The maximum Gasteiger partial charge on any atom is 0.0810 e. The van der Waals surface area contributed by atoms with Gasteiger partial charge in [-0.05, 0) is 19.4 Å². The molecule has 1 N–H and O–H groups in total. The van der Waals surface area contributed by atoms with Gasteiger partial charge in [0.2, 0.25) is 0 Å². The highest BCUT2D eigenvalue weighted by atomic mass is 15.3. The van der Waals surface area contributed by atoms with Gasteiger partial charge < -0.3 is 5.32 Å². The van der Waals surface area contributed by atoms with E-state index in [1.807, 2.05) is 6.07 Å². The molecule has 88 valence electrons. The summed E-state index contributed by atoms with van der Waals surface area (Å²) in [4.78, 5) is 0. The fourth-order valence-electron chi connectivity index (χ4n) is 2.38. The van der Waals surface area contributed by atoms with Crippen LogP contribution < -0.4 is 5.32 Å². The number of hydrogen-bond donors (Lipinski definition) is 1. The van der Waals surface area contributed by atoms with Crippen molar-refractivity contribution < 1.29 is 0 Å². The van der Waals surface area contributed by atoms with Crippen molar-refractivity contribution in [3.05, 3.63) is 53.3 Å². The van der Waals surface area contributed by atoms with Crippen LogP contribution in [0, 0.1) is 0 Å². The molecule has 1 aliphatic rings. The fourth-order valence-corrected chi connectivity index (χ4v) is 2.38. The first-order valence-electron chi connectivity index (χ1n) is 6.12. The summed E-state index contributed by atoms with van der Waals surface area (Å²) in [6, 6.07) is 11.2. The first kappa shape index (κ1) is 10.5. The van der Waals surface area contributed by atoms with Crippen LogP contribution >= 0.6 is 0 Å². The van der Waals surface area contributed by atoms with Crippen LogP contribution in [0.2, 0.25) is 0 Å². The van der Waals surface area contributed by atoms with Gasteiger partial charge in [0, 0.05) is 24.3 Å². The van der Waals surface area contributed by atoms with Crippen molar-refractivity contribution in [2.75, 3.05) is 0 Å². The van der Waals surface area contributed by atoms with E-state index in [1.165, 1.54) is 16.8 Å². The summed E-state index contributed by atoms with van der Waals surface area (Å²) in [6.07, 6.45) is 2.18. The lowest BCUT2D eigenvalue weighted by Crippen LogP contribution is -2.12. The normalized spacial score (nSPS) is 20.2. The Labute approximate surface area is 101 Å². The largest absolute Gasteiger partial charge is 0.304 e. The van der Waals surface area contributed by atoms with Crippen LogP contribution in [0.15, 0.2) is 36.5 Å². The molecule has 17 heavy (non-hydrogen) atoms. The van der Waals surface area contributed by atoms with Gasteiger partial charge in [-0.3, -0.25) is 4.68 Å². The van der Waals surface area contributed by atoms with E-state index in [0.29, 0.717) is 12.1 Å². The minimum atomic E-state index is 0.300. The molecule has 0 spiro atoms. The highest BCUT2D eigenvalue weighted by molar-refractivity contribution is 5.27. The van der Waals surface area contributed by atoms with Gasteiger partial charge in [-0.15, -0.1) is 0 Å². The zero-order valence-electron chi connectivity index (χ0n) is 10.2. The predicted molar refractivity (Wildman–Crippen MR) is 67.7 cm³/mol. The Kier molecular flexibility index (Phi) is 2.48. The zero-order valence-corrected chi connectivity index (χ0v) is 10.2. The second-order valence-electron chi connectivity index (χ2n) is 4.70. The lowest BCUT2D eigenvalue weighted by atomic mass is 10.1. The zero-order chi connectivity index (χ0) is 11.8. The SMILES string of the molecule is CC1NCc2nn(C(C)c3ccccc3)cc21. The number of nitrogens with one attached hydrogen (secondary N) is 1. The van der Waals surface area contributed by atoms with E-state index in [-0.39, 0.29) is 0 Å². The topological polar surface area (TPSA) is 29.9 Å². The first-order chi connectivity index (χ1) is 8.25. The molecule has 0 saturated heterocycles. The van der Waals surface area contributed by atoms with Gasteiger partial charge in [0.25, 0.3) is 0 Å². The minimum absolute atomic E-state index is 0.300. The first-order valence-corrected chi connectivity index (χ1v) is 6.12. The van der Waals surface area contributed by atoms with E-state index in [0.717, 1.165) is 6.54 Å². The van der Waals surface area contributed by atoms with Gasteiger partial charge in [0.15, 0.2) is 0 Å². The summed E-state index contributed by atoms with van der Waals surface area (Å²) < 4.78 is 2.08. The number of nitrogens with zero attached hydrogens (tertiary/aromatic N) is 2. The molecule has 0 saturated carbocycles. The number of aromatic nitrogens is 2. The highest BCUT2D eigenvalue weighted by Crippen LogP contribution is 2.26. The van der Waals surface area contributed by atoms with Gasteiger partial charge in [-0.2, -0.15) is 5.10 Å². The average Bonchev–Trinajstić information content (AvgIpc) is 2.92. The fraction of sp³-hybridized carbons (Fsp3) is 0.357. The van der Waals surface area contributed by atoms with Crippen LogP contribution in [0.3, 0.4) is 0 Å². The molecule has 0 bridgehead atoms. The molecular formula is C14H17N3. The third kappa shape index (κ3) is 1.76. The summed E-state index contributed by atoms with van der Waals surface area (Å²) in [5.74, 6) is 0. The molecule has 1 aliphatic heterocycles. The van der Waals surface area contributed by atoms with Crippen molar-refractivity contribution in [2.45, 2.75) is 32.5 Å². The lowest BCUT2D eigenvalue weighted by Gasteiger charge is -2.13. The molecule has 3 rings (SSSR count). The second-order valence-corrected chi connectivity index (χ2v) is 4.70. The summed E-state index contributed by atoms with van der Waals surface area (Å²) in [5.41, 5.74) is 3.84. The summed E-state index contributed by atoms with van der Waals surface area (Å²) in [6.45, 7) is 5.27. The quantitative estimate of drug-likeness (QED) is 0.854. The molecule has 2 atom stereocenters. The molecular weight excluding hydrogens is 210 g/mol. The van der Waals surface area contributed by atoms with Crippen molar-refractivity contribution in [1.82, 2.24) is 15.1 Å². The van der Waals surface area contributed by atoms with Crippen LogP contribution in [0.5, 0.6) is 0 Å². The Morgan fingerprint density at radius 1 is 1.35 bits per heavy atom. The maximum absolute atomic E-state index is 4.67. The van der Waals surface area contributed by atoms with Crippen LogP contribution in [-0.2, 0) is 6.54 Å². The second kappa shape index (κ2) is 4.00. The predicted octanol–water partition coefficient (Wildman–Crippen LogP) is 2.66. The van der Waals surface area contributed by atoms with E-state index < -0.39 is 0 Å². The van der Waals surface area contributed by atoms with Crippen molar-refractivity contribution in [3.8, 4) is 0 Å². The summed E-state index contributed by atoms with van der Waals surface area (Å²) >= 11 is 0. The number of benzene rings is 1. The maximum atomic E-state index is 4.67. The monoisotopic (exact) mass is 227 g/mol. The van der Waals surface area contributed by atoms with Crippen LogP contribution in [0.25, 0.3) is 0 Å². The Bertz CT molecular complexity index is 516. The summed E-state index contributed by atoms with van der Waals surface area (Å²) in [7, 11) is 0. The molecule has 0 radical (unpaired) electrons. The number of rotatable bonds is 2. The van der Waals surface area contributed by atoms with Crippen molar-refractivity contribution in [1.29, 1.82) is 0 Å². The minimum Gasteiger partial charge on any atom is -0.304 e. The Balaban J connectivity index is 1.93. The standard InChI is InChI=1S/C14H17N3/c1-10-13-9-17(16-14(13)8-15-10)11(2)12-6-4-3-5-7-12/h3-7,9-11,15H,8H2,1-2H3. The van der Waals surface area contributed by atoms with Gasteiger partial charge >= 0.3 is 0 Å². The Morgan fingerprint density at radius 3 is 2.82 bits per heavy atom. The molecule has 2 heterocycles. The molecule has 0 amide bonds. The number of hydrogen-bond acceptors (Lipinski definition) is 2. The van der Waals surface area contributed by atoms with Gasteiger partial charge in [-0.1, -0.05) is 30.3 Å².